The zero-order valence-corrected chi connectivity index (χ0v) is 47.9. The van der Waals surface area contributed by atoms with Gasteiger partial charge in [0, 0.05) is 19.3 Å². The summed E-state index contributed by atoms with van der Waals surface area (Å²) < 4.78 is 16.9. The molecule has 0 aliphatic carbocycles. The van der Waals surface area contributed by atoms with Gasteiger partial charge in [0.05, 0.1) is 0 Å². The third-order valence-corrected chi connectivity index (χ3v) is 13.7. The summed E-state index contributed by atoms with van der Waals surface area (Å²) in [5.41, 5.74) is 0. The van der Waals surface area contributed by atoms with Gasteiger partial charge >= 0.3 is 17.9 Å². The van der Waals surface area contributed by atoms with Crippen LogP contribution in [0.2, 0.25) is 0 Å². The van der Waals surface area contributed by atoms with Crippen LogP contribution in [0.3, 0.4) is 0 Å². The van der Waals surface area contributed by atoms with E-state index in [1.807, 2.05) is 0 Å². The Morgan fingerprint density at radius 2 is 0.542 bits per heavy atom. The van der Waals surface area contributed by atoms with Crippen molar-refractivity contribution >= 4 is 17.9 Å². The van der Waals surface area contributed by atoms with Gasteiger partial charge in [-0.05, 0) is 103 Å². The molecule has 6 heteroatoms. The van der Waals surface area contributed by atoms with Crippen molar-refractivity contribution in [1.82, 2.24) is 0 Å². The van der Waals surface area contributed by atoms with E-state index in [4.69, 9.17) is 14.2 Å². The number of hydrogen-bond acceptors (Lipinski definition) is 6. The number of allylic oxidation sites excluding steroid dienone is 10. The fraction of sp³-hybridized carbons (Fsp3) is 0.803. The minimum absolute atomic E-state index is 0.0796. The van der Waals surface area contributed by atoms with Crippen LogP contribution in [0.25, 0.3) is 0 Å². The molecule has 0 aliphatic rings. The summed E-state index contributed by atoms with van der Waals surface area (Å²) in [5.74, 6) is -0.884. The number of carbonyl (C=O) groups excluding carboxylic acids is 3. The Kier molecular flexibility index (Phi) is 58.2. The van der Waals surface area contributed by atoms with Gasteiger partial charge in [-0.15, -0.1) is 0 Å². The molecule has 0 bridgehead atoms. The van der Waals surface area contributed by atoms with Crippen LogP contribution in [0, 0.1) is 0 Å². The van der Waals surface area contributed by atoms with Crippen molar-refractivity contribution in [2.75, 3.05) is 13.2 Å². The highest BCUT2D eigenvalue weighted by Crippen LogP contribution is 2.16. The third kappa shape index (κ3) is 58.0. The van der Waals surface area contributed by atoms with E-state index >= 15 is 0 Å². The fourth-order valence-corrected chi connectivity index (χ4v) is 9.04. The topological polar surface area (TPSA) is 78.9 Å². The molecule has 1 unspecified atom stereocenters. The number of esters is 3. The lowest BCUT2D eigenvalue weighted by Gasteiger charge is -2.18. The first-order valence-corrected chi connectivity index (χ1v) is 31.3. The number of carbonyl (C=O) groups is 3. The molecule has 72 heavy (non-hydrogen) atoms. The quantitative estimate of drug-likeness (QED) is 0.0261. The molecule has 0 aromatic carbocycles. The van der Waals surface area contributed by atoms with Crippen LogP contribution in [0.4, 0.5) is 0 Å². The molecule has 0 rings (SSSR count). The van der Waals surface area contributed by atoms with Gasteiger partial charge in [0.1, 0.15) is 13.2 Å². The van der Waals surface area contributed by atoms with E-state index in [0.29, 0.717) is 19.3 Å². The summed E-state index contributed by atoms with van der Waals surface area (Å²) in [6.07, 6.45) is 76.5. The molecule has 0 fully saturated rings. The van der Waals surface area contributed by atoms with Gasteiger partial charge in [-0.2, -0.15) is 0 Å². The van der Waals surface area contributed by atoms with Crippen LogP contribution < -0.4 is 0 Å². The third-order valence-electron chi connectivity index (χ3n) is 13.7. The molecule has 1 atom stereocenters. The second-order valence-corrected chi connectivity index (χ2v) is 20.9. The largest absolute Gasteiger partial charge is 0.462 e. The fourth-order valence-electron chi connectivity index (χ4n) is 9.04. The van der Waals surface area contributed by atoms with Gasteiger partial charge in [0.25, 0.3) is 0 Å². The Morgan fingerprint density at radius 3 is 0.861 bits per heavy atom. The molecule has 0 heterocycles. The van der Waals surface area contributed by atoms with E-state index in [1.54, 1.807) is 0 Å². The highest BCUT2D eigenvalue weighted by Gasteiger charge is 2.19. The predicted molar refractivity (Wildman–Crippen MR) is 312 cm³/mol. The monoisotopic (exact) mass is 1010 g/mol. The van der Waals surface area contributed by atoms with Crippen LogP contribution in [-0.2, 0) is 28.6 Å². The first-order chi connectivity index (χ1) is 35.5. The van der Waals surface area contributed by atoms with Crippen molar-refractivity contribution in [2.24, 2.45) is 0 Å². The highest BCUT2D eigenvalue weighted by atomic mass is 16.6. The molecular formula is C66H118O6. The van der Waals surface area contributed by atoms with Gasteiger partial charge in [0.15, 0.2) is 6.10 Å². The molecule has 6 nitrogen and oxygen atoms in total. The molecule has 0 saturated carbocycles. The van der Waals surface area contributed by atoms with Crippen molar-refractivity contribution in [3.63, 3.8) is 0 Å². The Balaban J connectivity index is 4.32. The summed E-state index contributed by atoms with van der Waals surface area (Å²) in [6.45, 7) is 6.54. The maximum Gasteiger partial charge on any atom is 0.306 e. The SMILES string of the molecule is CC/C=C\C/C=C\C/C=C\CCCCCCCCCC(=O)OC(COC(=O)CCCCCCC/C=C\CCCCCCC)COC(=O)CCCCCCCCCCCCC/C=C\CCCCCCCCCC. The number of rotatable bonds is 57. The summed E-state index contributed by atoms with van der Waals surface area (Å²) in [6, 6.07) is 0. The second kappa shape index (κ2) is 60.7. The maximum absolute atomic E-state index is 12.9. The normalized spacial score (nSPS) is 12.4. The summed E-state index contributed by atoms with van der Waals surface area (Å²) in [4.78, 5) is 38.3. The van der Waals surface area contributed by atoms with E-state index < -0.39 is 6.10 Å². The lowest BCUT2D eigenvalue weighted by atomic mass is 10.0. The molecule has 0 N–H and O–H groups in total. The minimum atomic E-state index is -0.783. The summed E-state index contributed by atoms with van der Waals surface area (Å²) in [7, 11) is 0. The van der Waals surface area contributed by atoms with Gasteiger partial charge in [-0.3, -0.25) is 14.4 Å². The van der Waals surface area contributed by atoms with Crippen molar-refractivity contribution in [3.8, 4) is 0 Å². The van der Waals surface area contributed by atoms with Crippen LogP contribution in [0.5, 0.6) is 0 Å². The van der Waals surface area contributed by atoms with Crippen molar-refractivity contribution in [1.29, 1.82) is 0 Å². The molecule has 0 spiro atoms. The Morgan fingerprint density at radius 1 is 0.292 bits per heavy atom. The average molecular weight is 1010 g/mol. The van der Waals surface area contributed by atoms with Gasteiger partial charge in [0.2, 0.25) is 0 Å². The highest BCUT2D eigenvalue weighted by molar-refractivity contribution is 5.71. The molecule has 0 radical (unpaired) electrons. The average Bonchev–Trinajstić information content (AvgIpc) is 3.38. The molecule has 0 aromatic heterocycles. The van der Waals surface area contributed by atoms with Crippen LogP contribution >= 0.6 is 0 Å². The smallest absolute Gasteiger partial charge is 0.306 e. The van der Waals surface area contributed by atoms with Gasteiger partial charge < -0.3 is 14.2 Å². The summed E-state index contributed by atoms with van der Waals surface area (Å²) >= 11 is 0. The lowest BCUT2D eigenvalue weighted by molar-refractivity contribution is -0.167. The first kappa shape index (κ1) is 69.1. The zero-order valence-electron chi connectivity index (χ0n) is 47.9. The van der Waals surface area contributed by atoms with E-state index in [9.17, 15) is 14.4 Å². The van der Waals surface area contributed by atoms with Gasteiger partial charge in [-0.25, -0.2) is 0 Å². The van der Waals surface area contributed by atoms with Crippen LogP contribution in [-0.4, -0.2) is 37.2 Å². The number of hydrogen-bond donors (Lipinski definition) is 0. The molecule has 0 aromatic rings. The number of ether oxygens (including phenoxy) is 3. The molecule has 0 amide bonds. The predicted octanol–water partition coefficient (Wildman–Crippen LogP) is 21.2. The first-order valence-electron chi connectivity index (χ1n) is 31.3. The standard InChI is InChI=1S/C66H118O6/c1-4-7-10-13-16-19-22-25-28-30-31-32-33-34-35-37-38-41-44-47-50-53-56-59-65(68)71-62-63(61-70-64(67)58-55-52-49-46-43-40-27-24-21-18-15-12-9-6-3)72-66(69)60-57-54-51-48-45-42-39-36-29-26-23-20-17-14-11-8-5-2/h8,11,17,20,24,26-27,29-31,63H,4-7,9-10,12-16,18-19,21-23,25,28,32-62H2,1-3H3/b11-8-,20-17-,27-24-,29-26-,31-30-. The summed E-state index contributed by atoms with van der Waals surface area (Å²) in [5, 5.41) is 0. The molecule has 418 valence electrons. The van der Waals surface area contributed by atoms with Crippen molar-refractivity contribution < 1.29 is 28.6 Å². The molecule has 0 aliphatic heterocycles. The van der Waals surface area contributed by atoms with Crippen molar-refractivity contribution in [2.45, 2.75) is 329 Å². The van der Waals surface area contributed by atoms with Crippen LogP contribution in [0.15, 0.2) is 60.8 Å². The Bertz CT molecular complexity index is 1290. The molecule has 0 saturated heterocycles. The van der Waals surface area contributed by atoms with E-state index in [1.165, 1.54) is 193 Å². The van der Waals surface area contributed by atoms with Crippen molar-refractivity contribution in [3.05, 3.63) is 60.8 Å². The number of unbranched alkanes of at least 4 members (excludes halogenated alkanes) is 36. The maximum atomic E-state index is 12.9. The van der Waals surface area contributed by atoms with Crippen LogP contribution in [0.1, 0.15) is 323 Å². The van der Waals surface area contributed by atoms with E-state index in [-0.39, 0.29) is 31.1 Å². The second-order valence-electron chi connectivity index (χ2n) is 20.9. The lowest BCUT2D eigenvalue weighted by Crippen LogP contribution is -2.30. The van der Waals surface area contributed by atoms with E-state index in [0.717, 1.165) is 89.9 Å². The Hall–Kier alpha value is -2.89. The Labute approximate surface area is 447 Å². The van der Waals surface area contributed by atoms with E-state index in [2.05, 4.69) is 81.5 Å². The minimum Gasteiger partial charge on any atom is -0.462 e. The molecular weight excluding hydrogens is 889 g/mol. The zero-order chi connectivity index (χ0) is 52.2. The van der Waals surface area contributed by atoms with Gasteiger partial charge in [-0.1, -0.05) is 261 Å².